The van der Waals surface area contributed by atoms with E-state index in [4.69, 9.17) is 5.73 Å². The van der Waals surface area contributed by atoms with Gasteiger partial charge in [0, 0.05) is 12.6 Å². The molecule has 3 N–H and O–H groups in total. The molecule has 3 rings (SSSR count). The zero-order valence-corrected chi connectivity index (χ0v) is 12.3. The number of aryl methyl sites for hydroxylation is 1. The number of nitrogens with one attached hydrogen (secondary N) is 1. The highest BCUT2D eigenvalue weighted by atomic mass is 79.9. The lowest BCUT2D eigenvalue weighted by molar-refractivity contribution is 0.781. The van der Waals surface area contributed by atoms with E-state index in [9.17, 15) is 0 Å². The van der Waals surface area contributed by atoms with E-state index in [2.05, 4.69) is 36.9 Å². The molecular formula is C13H14BrN5. The zero-order chi connectivity index (χ0) is 13.6. The fourth-order valence-electron chi connectivity index (χ4n) is 2.17. The number of aromatic amines is 1. The summed E-state index contributed by atoms with van der Waals surface area (Å²) in [4.78, 5) is 12.2. The van der Waals surface area contributed by atoms with Crippen molar-refractivity contribution in [1.82, 2.24) is 19.5 Å². The average Bonchev–Trinajstić information content (AvgIpc) is 2.90. The second-order valence-electron chi connectivity index (χ2n) is 4.48. The van der Waals surface area contributed by atoms with E-state index in [0.29, 0.717) is 6.54 Å². The number of imidazole rings is 2. The molecule has 0 aliphatic heterocycles. The second-order valence-corrected chi connectivity index (χ2v) is 5.24. The van der Waals surface area contributed by atoms with Crippen LogP contribution in [0.2, 0.25) is 0 Å². The van der Waals surface area contributed by atoms with Gasteiger partial charge in [-0.15, -0.1) is 0 Å². The van der Waals surface area contributed by atoms with Gasteiger partial charge in [0.15, 0.2) is 0 Å². The lowest BCUT2D eigenvalue weighted by Gasteiger charge is -1.99. The summed E-state index contributed by atoms with van der Waals surface area (Å²) >= 11 is 3.57. The van der Waals surface area contributed by atoms with Crippen LogP contribution in [0, 0.1) is 6.92 Å². The first-order chi connectivity index (χ1) is 9.10. The Balaban J connectivity index is 2.18. The Morgan fingerprint density at radius 1 is 1.37 bits per heavy atom. The summed E-state index contributed by atoms with van der Waals surface area (Å²) in [6.45, 7) is 2.36. The lowest BCUT2D eigenvalue weighted by atomic mass is 10.1. The smallest absolute Gasteiger partial charge is 0.123 e. The maximum atomic E-state index is 5.68. The van der Waals surface area contributed by atoms with Crippen LogP contribution in [0.1, 0.15) is 11.6 Å². The summed E-state index contributed by atoms with van der Waals surface area (Å²) in [6.07, 6.45) is 0. The van der Waals surface area contributed by atoms with Gasteiger partial charge >= 0.3 is 0 Å². The van der Waals surface area contributed by atoms with E-state index < -0.39 is 0 Å². The maximum Gasteiger partial charge on any atom is 0.123 e. The third-order valence-corrected chi connectivity index (χ3v) is 4.08. The predicted octanol–water partition coefficient (Wildman–Crippen LogP) is 2.49. The van der Waals surface area contributed by atoms with Gasteiger partial charge in [-0.25, -0.2) is 9.97 Å². The van der Waals surface area contributed by atoms with E-state index in [1.165, 1.54) is 0 Å². The molecule has 0 spiro atoms. The van der Waals surface area contributed by atoms with Gasteiger partial charge in [-0.2, -0.15) is 0 Å². The minimum Gasteiger partial charge on any atom is -0.342 e. The summed E-state index contributed by atoms with van der Waals surface area (Å²) in [6, 6.07) is 6.08. The summed E-state index contributed by atoms with van der Waals surface area (Å²) in [5.74, 6) is 1.76. The molecule has 2 aromatic heterocycles. The summed E-state index contributed by atoms with van der Waals surface area (Å²) < 4.78 is 2.89. The highest BCUT2D eigenvalue weighted by molar-refractivity contribution is 9.10. The normalized spacial score (nSPS) is 11.4. The SMILES string of the molecule is Cc1nc2ccc(-c3nc(CN)n(C)c3Br)cc2[nH]1. The first-order valence-electron chi connectivity index (χ1n) is 5.98. The average molecular weight is 320 g/mol. The molecule has 19 heavy (non-hydrogen) atoms. The van der Waals surface area contributed by atoms with Crippen LogP contribution in [0.25, 0.3) is 22.3 Å². The quantitative estimate of drug-likeness (QED) is 0.762. The first-order valence-corrected chi connectivity index (χ1v) is 6.77. The molecule has 5 nitrogen and oxygen atoms in total. The Morgan fingerprint density at radius 3 is 2.84 bits per heavy atom. The van der Waals surface area contributed by atoms with Crippen molar-refractivity contribution >= 4 is 27.0 Å². The van der Waals surface area contributed by atoms with Crippen molar-refractivity contribution in [2.75, 3.05) is 0 Å². The number of benzene rings is 1. The topological polar surface area (TPSA) is 72.5 Å². The molecule has 0 saturated carbocycles. The number of rotatable bonds is 2. The fourth-order valence-corrected chi connectivity index (χ4v) is 2.70. The van der Waals surface area contributed by atoms with Gasteiger partial charge in [0.25, 0.3) is 0 Å². The number of halogens is 1. The third kappa shape index (κ3) is 1.97. The molecule has 6 heteroatoms. The van der Waals surface area contributed by atoms with Crippen LogP contribution >= 0.6 is 15.9 Å². The molecule has 0 atom stereocenters. The number of nitrogens with two attached hydrogens (primary N) is 1. The molecular weight excluding hydrogens is 306 g/mol. The van der Waals surface area contributed by atoms with Crippen LogP contribution in [0.5, 0.6) is 0 Å². The van der Waals surface area contributed by atoms with Crippen LogP contribution in [0.3, 0.4) is 0 Å². The summed E-state index contributed by atoms with van der Waals surface area (Å²) in [5, 5.41) is 0. The Hall–Kier alpha value is -1.66. The van der Waals surface area contributed by atoms with Crippen LogP contribution in [-0.4, -0.2) is 19.5 Å². The molecule has 0 fully saturated rings. The van der Waals surface area contributed by atoms with Crippen molar-refractivity contribution < 1.29 is 0 Å². The number of hydrogen-bond donors (Lipinski definition) is 2. The number of nitrogens with zero attached hydrogens (tertiary/aromatic N) is 3. The highest BCUT2D eigenvalue weighted by Crippen LogP contribution is 2.29. The second kappa shape index (κ2) is 4.47. The van der Waals surface area contributed by atoms with E-state index in [1.807, 2.05) is 30.7 Å². The van der Waals surface area contributed by atoms with Crippen molar-refractivity contribution in [3.63, 3.8) is 0 Å². The van der Waals surface area contributed by atoms with Crippen LogP contribution < -0.4 is 5.73 Å². The van der Waals surface area contributed by atoms with E-state index in [-0.39, 0.29) is 0 Å². The number of aromatic nitrogens is 4. The molecule has 1 aromatic carbocycles. The minimum atomic E-state index is 0.417. The standard InChI is InChI=1S/C13H14BrN5/c1-7-16-9-4-3-8(5-10(9)17-7)12-13(14)19(2)11(6-15)18-12/h3-5H,6,15H2,1-2H3,(H,16,17). The molecule has 0 unspecified atom stereocenters. The van der Waals surface area contributed by atoms with Crippen molar-refractivity contribution in [1.29, 1.82) is 0 Å². The van der Waals surface area contributed by atoms with Crippen LogP contribution in [0.4, 0.5) is 0 Å². The van der Waals surface area contributed by atoms with Crippen molar-refractivity contribution in [3.05, 3.63) is 34.5 Å². The molecule has 98 valence electrons. The van der Waals surface area contributed by atoms with Crippen LogP contribution in [-0.2, 0) is 13.6 Å². The zero-order valence-electron chi connectivity index (χ0n) is 10.7. The fraction of sp³-hybridized carbons (Fsp3) is 0.231. The minimum absolute atomic E-state index is 0.417. The molecule has 3 aromatic rings. The molecule has 0 aliphatic rings. The Morgan fingerprint density at radius 2 is 2.16 bits per heavy atom. The van der Waals surface area contributed by atoms with E-state index >= 15 is 0 Å². The van der Waals surface area contributed by atoms with Gasteiger partial charge in [-0.3, -0.25) is 0 Å². The molecule has 0 aliphatic carbocycles. The number of fused-ring (bicyclic) bond motifs is 1. The van der Waals surface area contributed by atoms with Crippen molar-refractivity contribution in [2.45, 2.75) is 13.5 Å². The highest BCUT2D eigenvalue weighted by Gasteiger charge is 2.14. The Labute approximate surface area is 119 Å². The monoisotopic (exact) mass is 319 g/mol. The van der Waals surface area contributed by atoms with E-state index in [1.54, 1.807) is 0 Å². The van der Waals surface area contributed by atoms with Gasteiger partial charge in [-0.1, -0.05) is 6.07 Å². The Kier molecular flexibility index (Phi) is 2.91. The predicted molar refractivity (Wildman–Crippen MR) is 78.6 cm³/mol. The van der Waals surface area contributed by atoms with Crippen LogP contribution in [0.15, 0.2) is 22.8 Å². The third-order valence-electron chi connectivity index (χ3n) is 3.17. The molecule has 2 heterocycles. The molecule has 0 saturated heterocycles. The van der Waals surface area contributed by atoms with Gasteiger partial charge in [-0.05, 0) is 35.0 Å². The summed E-state index contributed by atoms with van der Waals surface area (Å²) in [5.41, 5.74) is 9.61. The van der Waals surface area contributed by atoms with Gasteiger partial charge in [0.2, 0.25) is 0 Å². The van der Waals surface area contributed by atoms with Crippen molar-refractivity contribution in [3.8, 4) is 11.3 Å². The molecule has 0 amide bonds. The summed E-state index contributed by atoms with van der Waals surface area (Å²) in [7, 11) is 1.95. The van der Waals surface area contributed by atoms with Gasteiger partial charge in [0.1, 0.15) is 21.9 Å². The Bertz CT molecular complexity index is 756. The number of H-pyrrole nitrogens is 1. The lowest BCUT2D eigenvalue weighted by Crippen LogP contribution is -2.04. The van der Waals surface area contributed by atoms with Gasteiger partial charge in [0.05, 0.1) is 17.6 Å². The number of hydrogen-bond acceptors (Lipinski definition) is 3. The van der Waals surface area contributed by atoms with Crippen molar-refractivity contribution in [2.24, 2.45) is 12.8 Å². The largest absolute Gasteiger partial charge is 0.342 e. The molecule has 0 radical (unpaired) electrons. The van der Waals surface area contributed by atoms with E-state index in [0.717, 1.165) is 38.5 Å². The first kappa shape index (κ1) is 12.4. The van der Waals surface area contributed by atoms with Gasteiger partial charge < -0.3 is 15.3 Å². The molecule has 0 bridgehead atoms. The maximum absolute atomic E-state index is 5.68.